The molecule has 1 aliphatic heterocycles. The molecule has 1 heterocycles. The molecule has 0 amide bonds. The fourth-order valence-electron chi connectivity index (χ4n) is 1.35. The van der Waals surface area contributed by atoms with Crippen molar-refractivity contribution in [3.63, 3.8) is 0 Å². The summed E-state index contributed by atoms with van der Waals surface area (Å²) in [7, 11) is 0. The van der Waals surface area contributed by atoms with Gasteiger partial charge in [-0.2, -0.15) is 0 Å². The number of ether oxygens (including phenoxy) is 3. The summed E-state index contributed by atoms with van der Waals surface area (Å²) >= 11 is 0. The summed E-state index contributed by atoms with van der Waals surface area (Å²) in [6.07, 6.45) is -0.846. The molecule has 0 radical (unpaired) electrons. The lowest BCUT2D eigenvalue weighted by Gasteiger charge is -2.36. The summed E-state index contributed by atoms with van der Waals surface area (Å²) < 4.78 is 14.9. The number of esters is 1. The van der Waals surface area contributed by atoms with Crippen LogP contribution in [0, 0.1) is 5.41 Å². The van der Waals surface area contributed by atoms with Crippen LogP contribution in [-0.4, -0.2) is 43.8 Å². The van der Waals surface area contributed by atoms with Crippen molar-refractivity contribution in [2.24, 2.45) is 5.41 Å². The van der Waals surface area contributed by atoms with E-state index in [1.165, 1.54) is 6.92 Å². The molecule has 5 nitrogen and oxygen atoms in total. The third kappa shape index (κ3) is 2.05. The fraction of sp³-hybridized carbons (Fsp3) is 0.889. The van der Waals surface area contributed by atoms with E-state index >= 15 is 0 Å². The minimum Gasteiger partial charge on any atom is -0.465 e. The molecule has 1 fully saturated rings. The van der Waals surface area contributed by atoms with Gasteiger partial charge in [-0.1, -0.05) is 0 Å². The second kappa shape index (κ2) is 4.72. The van der Waals surface area contributed by atoms with Crippen molar-refractivity contribution in [2.75, 3.05) is 26.6 Å². The van der Waals surface area contributed by atoms with Crippen molar-refractivity contribution in [1.29, 1.82) is 0 Å². The lowest BCUT2D eigenvalue weighted by atomic mass is 9.84. The van der Waals surface area contributed by atoms with Crippen LogP contribution >= 0.6 is 0 Å². The van der Waals surface area contributed by atoms with Crippen LogP contribution < -0.4 is 0 Å². The summed E-state index contributed by atoms with van der Waals surface area (Å²) in [6, 6.07) is 0. The third-order valence-electron chi connectivity index (χ3n) is 2.37. The van der Waals surface area contributed by atoms with Gasteiger partial charge < -0.3 is 19.3 Å². The Bertz CT molecular complexity index is 195. The van der Waals surface area contributed by atoms with Gasteiger partial charge in [0.2, 0.25) is 0 Å². The number of rotatable bonds is 3. The van der Waals surface area contributed by atoms with Crippen molar-refractivity contribution in [3.8, 4) is 0 Å². The molecule has 1 N–H and O–H groups in total. The molecule has 0 saturated carbocycles. The van der Waals surface area contributed by atoms with Gasteiger partial charge in [-0.15, -0.1) is 0 Å². The highest BCUT2D eigenvalue weighted by Gasteiger charge is 2.47. The van der Waals surface area contributed by atoms with Gasteiger partial charge >= 0.3 is 5.97 Å². The monoisotopic (exact) mass is 204 g/mol. The summed E-state index contributed by atoms with van der Waals surface area (Å²) in [5.74, 6) is -0.463. The molecule has 0 aromatic heterocycles. The van der Waals surface area contributed by atoms with Crippen LogP contribution in [0.25, 0.3) is 0 Å². The highest BCUT2D eigenvalue weighted by atomic mass is 16.7. The SMILES string of the molecule is CCOC(=O)C1([C@H](C)O)COCOC1. The Hall–Kier alpha value is -0.650. The molecule has 0 aromatic carbocycles. The van der Waals surface area contributed by atoms with Crippen molar-refractivity contribution in [3.05, 3.63) is 0 Å². The van der Waals surface area contributed by atoms with E-state index in [4.69, 9.17) is 14.2 Å². The van der Waals surface area contributed by atoms with E-state index in [9.17, 15) is 9.90 Å². The minimum absolute atomic E-state index is 0.142. The molecule has 82 valence electrons. The molecule has 0 spiro atoms. The van der Waals surface area contributed by atoms with E-state index in [-0.39, 0.29) is 26.6 Å². The van der Waals surface area contributed by atoms with Crippen molar-refractivity contribution in [2.45, 2.75) is 20.0 Å². The summed E-state index contributed by atoms with van der Waals surface area (Å²) in [6.45, 7) is 3.99. The van der Waals surface area contributed by atoms with Gasteiger partial charge in [0, 0.05) is 0 Å². The number of aliphatic hydroxyl groups is 1. The van der Waals surface area contributed by atoms with Crippen molar-refractivity contribution < 1.29 is 24.1 Å². The first-order valence-corrected chi connectivity index (χ1v) is 4.64. The van der Waals surface area contributed by atoms with Gasteiger partial charge in [0.05, 0.1) is 25.9 Å². The zero-order valence-corrected chi connectivity index (χ0v) is 8.49. The molecule has 0 aromatic rings. The Morgan fingerprint density at radius 2 is 2.14 bits per heavy atom. The number of hydrogen-bond donors (Lipinski definition) is 1. The molecule has 1 saturated heterocycles. The second-order valence-corrected chi connectivity index (χ2v) is 3.37. The largest absolute Gasteiger partial charge is 0.465 e. The molecular formula is C9H16O5. The summed E-state index contributed by atoms with van der Waals surface area (Å²) in [5, 5.41) is 9.56. The number of carbonyl (C=O) groups excluding carboxylic acids is 1. The van der Waals surface area contributed by atoms with E-state index in [1.54, 1.807) is 6.92 Å². The lowest BCUT2D eigenvalue weighted by Crippen LogP contribution is -2.52. The molecule has 14 heavy (non-hydrogen) atoms. The molecule has 1 rings (SSSR count). The van der Waals surface area contributed by atoms with Crippen molar-refractivity contribution >= 4 is 5.97 Å². The van der Waals surface area contributed by atoms with Crippen molar-refractivity contribution in [1.82, 2.24) is 0 Å². The van der Waals surface area contributed by atoms with E-state index in [1.807, 2.05) is 0 Å². The molecule has 1 aliphatic rings. The molecule has 0 bridgehead atoms. The Labute approximate surface area is 82.9 Å². The Balaban J connectivity index is 2.74. The summed E-state index contributed by atoms with van der Waals surface area (Å²) in [4.78, 5) is 11.6. The van der Waals surface area contributed by atoms with Crippen LogP contribution in [0.4, 0.5) is 0 Å². The third-order valence-corrected chi connectivity index (χ3v) is 2.37. The Morgan fingerprint density at radius 3 is 2.57 bits per heavy atom. The van der Waals surface area contributed by atoms with Crippen LogP contribution in [0.5, 0.6) is 0 Å². The zero-order valence-electron chi connectivity index (χ0n) is 8.49. The second-order valence-electron chi connectivity index (χ2n) is 3.37. The zero-order chi connectivity index (χ0) is 10.6. The Kier molecular flexibility index (Phi) is 3.86. The van der Waals surface area contributed by atoms with Crippen LogP contribution in [-0.2, 0) is 19.0 Å². The maximum atomic E-state index is 11.6. The van der Waals surface area contributed by atoms with Gasteiger partial charge in [-0.3, -0.25) is 4.79 Å². The quantitative estimate of drug-likeness (QED) is 0.651. The van der Waals surface area contributed by atoms with Crippen LogP contribution in [0.15, 0.2) is 0 Å². The van der Waals surface area contributed by atoms with E-state index in [0.717, 1.165) is 0 Å². The molecule has 5 heteroatoms. The van der Waals surface area contributed by atoms with E-state index in [0.29, 0.717) is 0 Å². The van der Waals surface area contributed by atoms with Gasteiger partial charge in [0.1, 0.15) is 12.2 Å². The smallest absolute Gasteiger partial charge is 0.319 e. The maximum Gasteiger partial charge on any atom is 0.319 e. The average molecular weight is 204 g/mol. The standard InChI is InChI=1S/C9H16O5/c1-3-14-8(11)9(7(2)10)4-12-6-13-5-9/h7,10H,3-6H2,1-2H3/t7-/m0/s1. The Morgan fingerprint density at radius 1 is 1.57 bits per heavy atom. The van der Waals surface area contributed by atoms with Gasteiger partial charge in [0.15, 0.2) is 0 Å². The molecule has 0 aliphatic carbocycles. The topological polar surface area (TPSA) is 65.0 Å². The first-order valence-electron chi connectivity index (χ1n) is 4.64. The molecule has 1 atom stereocenters. The maximum absolute atomic E-state index is 11.6. The number of aliphatic hydroxyl groups excluding tert-OH is 1. The van der Waals surface area contributed by atoms with E-state index < -0.39 is 17.5 Å². The van der Waals surface area contributed by atoms with Crippen LogP contribution in [0.1, 0.15) is 13.8 Å². The number of carbonyl (C=O) groups is 1. The summed E-state index contributed by atoms with van der Waals surface area (Å²) in [5.41, 5.74) is -1.06. The normalized spacial score (nSPS) is 22.8. The molecule has 0 unspecified atom stereocenters. The van der Waals surface area contributed by atoms with Gasteiger partial charge in [0.25, 0.3) is 0 Å². The highest BCUT2D eigenvalue weighted by Crippen LogP contribution is 2.28. The highest BCUT2D eigenvalue weighted by molar-refractivity contribution is 5.78. The predicted octanol–water partition coefficient (Wildman–Crippen LogP) is -0.0790. The fourth-order valence-corrected chi connectivity index (χ4v) is 1.35. The first-order chi connectivity index (χ1) is 6.63. The predicted molar refractivity (Wildman–Crippen MR) is 47.5 cm³/mol. The number of hydrogen-bond acceptors (Lipinski definition) is 5. The average Bonchev–Trinajstić information content (AvgIpc) is 2.19. The van der Waals surface area contributed by atoms with Crippen LogP contribution in [0.2, 0.25) is 0 Å². The van der Waals surface area contributed by atoms with E-state index in [2.05, 4.69) is 0 Å². The minimum atomic E-state index is -1.06. The van der Waals surface area contributed by atoms with Gasteiger partial charge in [-0.05, 0) is 13.8 Å². The first kappa shape index (κ1) is 11.4. The van der Waals surface area contributed by atoms with Gasteiger partial charge in [-0.25, -0.2) is 0 Å². The lowest BCUT2D eigenvalue weighted by molar-refractivity contribution is -0.212. The van der Waals surface area contributed by atoms with Crippen LogP contribution in [0.3, 0.4) is 0 Å². The molecular weight excluding hydrogens is 188 g/mol.